The van der Waals surface area contributed by atoms with E-state index in [4.69, 9.17) is 28.4 Å². The van der Waals surface area contributed by atoms with Crippen LogP contribution in [0, 0.1) is 23.7 Å². The largest absolute Gasteiger partial charge is 0.431 e. The van der Waals surface area contributed by atoms with Crippen molar-refractivity contribution in [1.29, 1.82) is 0 Å². The first-order valence-corrected chi connectivity index (χ1v) is 9.39. The Hall–Kier alpha value is -1.22. The fraction of sp³-hybridized carbons (Fsp3) is 0.889. The van der Waals surface area contributed by atoms with Crippen LogP contribution in [-0.4, -0.2) is 61.1 Å². The van der Waals surface area contributed by atoms with Crippen molar-refractivity contribution in [3.05, 3.63) is 0 Å². The Morgan fingerprint density at radius 3 is 1.31 bits per heavy atom. The number of hydrogen-bond acceptors (Lipinski definition) is 8. The molecule has 8 nitrogen and oxygen atoms in total. The van der Waals surface area contributed by atoms with Gasteiger partial charge in [-0.3, -0.25) is 0 Å². The van der Waals surface area contributed by atoms with Crippen LogP contribution in [0.15, 0.2) is 0 Å². The summed E-state index contributed by atoms with van der Waals surface area (Å²) >= 11 is 0. The molecule has 8 heteroatoms. The van der Waals surface area contributed by atoms with Crippen molar-refractivity contribution in [3.8, 4) is 0 Å². The predicted molar refractivity (Wildman–Crippen MR) is 83.5 cm³/mol. The average molecular weight is 368 g/mol. The topological polar surface area (TPSA) is 89.5 Å². The van der Waals surface area contributed by atoms with E-state index < -0.39 is 24.8 Å². The molecule has 6 fully saturated rings. The number of ether oxygens (including phenoxy) is 6. The quantitative estimate of drug-likeness (QED) is 0.575. The highest BCUT2D eigenvalue weighted by molar-refractivity contribution is 5.77. The Bertz CT molecular complexity index is 583. The Balaban J connectivity index is 0.000000115. The van der Waals surface area contributed by atoms with Crippen molar-refractivity contribution in [2.45, 2.75) is 76.9 Å². The number of carbonyl (C=O) groups excluding carboxylic acids is 2. The number of rotatable bonds is 0. The van der Waals surface area contributed by atoms with E-state index in [0.29, 0.717) is 11.8 Å². The molecule has 0 N–H and O–H groups in total. The zero-order valence-corrected chi connectivity index (χ0v) is 15.2. The van der Waals surface area contributed by atoms with Crippen molar-refractivity contribution in [2.24, 2.45) is 23.7 Å². The molecule has 6 rings (SSSR count). The molecule has 2 unspecified atom stereocenters. The van der Waals surface area contributed by atoms with Crippen LogP contribution in [-0.2, 0) is 38.0 Å². The van der Waals surface area contributed by atoms with Crippen molar-refractivity contribution >= 4 is 11.9 Å². The third kappa shape index (κ3) is 2.16. The second-order valence-electron chi connectivity index (χ2n) is 8.29. The highest BCUT2D eigenvalue weighted by Gasteiger charge is 2.60. The van der Waals surface area contributed by atoms with E-state index in [1.54, 1.807) is 0 Å². The molecule has 12 atom stereocenters. The zero-order chi connectivity index (χ0) is 18.3. The molecule has 26 heavy (non-hydrogen) atoms. The van der Waals surface area contributed by atoms with Crippen molar-refractivity contribution in [3.63, 3.8) is 0 Å². The third-order valence-corrected chi connectivity index (χ3v) is 6.72. The molecule has 0 saturated carbocycles. The lowest BCUT2D eigenvalue weighted by Gasteiger charge is -2.38. The molecule has 0 amide bonds. The summed E-state index contributed by atoms with van der Waals surface area (Å²) in [5.41, 5.74) is 0. The Morgan fingerprint density at radius 2 is 0.923 bits per heavy atom. The van der Waals surface area contributed by atoms with Gasteiger partial charge in [-0.1, -0.05) is 27.7 Å². The summed E-state index contributed by atoms with van der Waals surface area (Å²) in [7, 11) is 0. The molecular weight excluding hydrogens is 344 g/mol. The van der Waals surface area contributed by atoms with Crippen LogP contribution < -0.4 is 0 Å². The van der Waals surface area contributed by atoms with Gasteiger partial charge in [-0.25, -0.2) is 9.59 Å². The van der Waals surface area contributed by atoms with Crippen LogP contribution in [0.2, 0.25) is 0 Å². The standard InChI is InChI=1S/2C9H12O4/c2*1-3-5-4(2)7-9(12-5)13-8(10)6(3)11-7/h2*3-7,9H,1-2H3/t2*3-,4+,5?,6+,7-,9-/m10/s1. The second kappa shape index (κ2) is 5.64. The molecule has 6 aliphatic rings. The van der Waals surface area contributed by atoms with E-state index in [0.717, 1.165) is 0 Å². The highest BCUT2D eigenvalue weighted by Crippen LogP contribution is 2.46. The minimum Gasteiger partial charge on any atom is -0.431 e. The lowest BCUT2D eigenvalue weighted by Crippen LogP contribution is -2.53. The van der Waals surface area contributed by atoms with E-state index in [2.05, 4.69) is 13.8 Å². The monoisotopic (exact) mass is 368 g/mol. The van der Waals surface area contributed by atoms with Gasteiger partial charge in [0.2, 0.25) is 12.6 Å². The number of esters is 2. The fourth-order valence-electron chi connectivity index (χ4n) is 5.19. The van der Waals surface area contributed by atoms with Gasteiger partial charge in [0.05, 0.1) is 12.2 Å². The predicted octanol–water partition coefficient (Wildman–Crippen LogP) is 0.615. The molecule has 0 aromatic carbocycles. The van der Waals surface area contributed by atoms with Crippen LogP contribution in [0.4, 0.5) is 0 Å². The molecule has 6 aliphatic heterocycles. The van der Waals surface area contributed by atoms with Gasteiger partial charge in [0.1, 0.15) is 12.2 Å². The number of fused-ring (bicyclic) bond motifs is 4. The minimum atomic E-state index is -0.450. The summed E-state index contributed by atoms with van der Waals surface area (Å²) in [5, 5.41) is 0. The third-order valence-electron chi connectivity index (χ3n) is 6.72. The van der Waals surface area contributed by atoms with Gasteiger partial charge in [-0.15, -0.1) is 0 Å². The number of carbonyl (C=O) groups is 2. The Kier molecular flexibility index (Phi) is 3.67. The van der Waals surface area contributed by atoms with Gasteiger partial charge in [-0.2, -0.15) is 0 Å². The summed E-state index contributed by atoms with van der Waals surface area (Å²) < 4.78 is 32.7. The summed E-state index contributed by atoms with van der Waals surface area (Å²) in [6.07, 6.45) is -1.52. The summed E-state index contributed by atoms with van der Waals surface area (Å²) in [6.45, 7) is 8.14. The first-order chi connectivity index (χ1) is 12.4. The number of hydrogen-bond donors (Lipinski definition) is 0. The van der Waals surface area contributed by atoms with Gasteiger partial charge >= 0.3 is 11.9 Å². The fourth-order valence-corrected chi connectivity index (χ4v) is 5.19. The van der Waals surface area contributed by atoms with Crippen LogP contribution in [0.5, 0.6) is 0 Å². The van der Waals surface area contributed by atoms with Crippen molar-refractivity contribution < 1.29 is 38.0 Å². The summed E-state index contributed by atoms with van der Waals surface area (Å²) in [6, 6.07) is 0. The van der Waals surface area contributed by atoms with Crippen molar-refractivity contribution in [2.75, 3.05) is 0 Å². The lowest BCUT2D eigenvalue weighted by atomic mass is 9.84. The molecular formula is C18H24O8. The molecule has 6 heterocycles. The van der Waals surface area contributed by atoms with Gasteiger partial charge in [0, 0.05) is 23.7 Å². The van der Waals surface area contributed by atoms with Gasteiger partial charge in [0.25, 0.3) is 0 Å². The maximum absolute atomic E-state index is 11.3. The van der Waals surface area contributed by atoms with Gasteiger partial charge in [0.15, 0.2) is 12.2 Å². The Labute approximate surface area is 151 Å². The molecule has 0 aromatic heterocycles. The minimum absolute atomic E-state index is 0.0381. The van der Waals surface area contributed by atoms with E-state index in [1.807, 2.05) is 13.8 Å². The van der Waals surface area contributed by atoms with Crippen LogP contribution in [0.3, 0.4) is 0 Å². The SMILES string of the molecule is C[C@@H]1C2O[C@@H]3OC(=O)[C@H]1O[C@@H]3[C@H]2C.C[C@@H]1C2O[C@H]3OC(=O)[C@H](O[C@H]31)[C@H]2C. The molecule has 0 spiro atoms. The van der Waals surface area contributed by atoms with E-state index in [-0.39, 0.29) is 48.2 Å². The maximum Gasteiger partial charge on any atom is 0.338 e. The molecule has 0 aromatic rings. The molecule has 144 valence electrons. The molecule has 6 saturated heterocycles. The average Bonchev–Trinajstić information content (AvgIpc) is 2.87. The lowest BCUT2D eigenvalue weighted by molar-refractivity contribution is -0.226. The first-order valence-electron chi connectivity index (χ1n) is 9.39. The highest BCUT2D eigenvalue weighted by atomic mass is 16.8. The van der Waals surface area contributed by atoms with E-state index in [9.17, 15) is 9.59 Å². The van der Waals surface area contributed by atoms with Crippen LogP contribution >= 0.6 is 0 Å². The van der Waals surface area contributed by atoms with Gasteiger partial charge in [-0.05, 0) is 0 Å². The van der Waals surface area contributed by atoms with Gasteiger partial charge < -0.3 is 28.4 Å². The second-order valence-corrected chi connectivity index (χ2v) is 8.29. The van der Waals surface area contributed by atoms with Crippen molar-refractivity contribution in [1.82, 2.24) is 0 Å². The summed E-state index contributed by atoms with van der Waals surface area (Å²) in [5.74, 6) is 0.387. The Morgan fingerprint density at radius 1 is 0.538 bits per heavy atom. The molecule has 0 aliphatic carbocycles. The van der Waals surface area contributed by atoms with Crippen LogP contribution in [0.25, 0.3) is 0 Å². The smallest absolute Gasteiger partial charge is 0.338 e. The maximum atomic E-state index is 11.3. The van der Waals surface area contributed by atoms with Crippen LogP contribution in [0.1, 0.15) is 27.7 Å². The zero-order valence-electron chi connectivity index (χ0n) is 15.2. The normalized spacial score (nSPS) is 58.2. The molecule has 0 radical (unpaired) electrons. The first kappa shape index (κ1) is 16.9. The summed E-state index contributed by atoms with van der Waals surface area (Å²) in [4.78, 5) is 22.7. The molecule has 6 bridgehead atoms. The van der Waals surface area contributed by atoms with E-state index in [1.165, 1.54) is 0 Å². The van der Waals surface area contributed by atoms with E-state index >= 15 is 0 Å².